The smallest absolute Gasteiger partial charge is 0.397 e. The van der Waals surface area contributed by atoms with Crippen molar-refractivity contribution in [2.24, 2.45) is 0 Å². The number of hydrogen-bond acceptors (Lipinski definition) is 4. The van der Waals surface area contributed by atoms with E-state index in [4.69, 9.17) is 11.0 Å². The van der Waals surface area contributed by atoms with Crippen LogP contribution in [0.5, 0.6) is 5.88 Å². The molecule has 1 heterocycles. The van der Waals surface area contributed by atoms with Crippen LogP contribution in [0.15, 0.2) is 10.7 Å². The van der Waals surface area contributed by atoms with Gasteiger partial charge in [0.15, 0.2) is 0 Å². The second kappa shape index (κ2) is 3.94. The standard InChI is InChI=1S/C7H3BrF3N3O/c8-4-5(13)3(1-12)2-14-6(4)15-7(9,10)11/h2H,(H2,13,14). The molecule has 1 aromatic heterocycles. The van der Waals surface area contributed by atoms with Gasteiger partial charge in [0, 0.05) is 0 Å². The molecular formula is C7H3BrF3N3O. The number of hydrogen-bond donors (Lipinski definition) is 1. The van der Waals surface area contributed by atoms with Gasteiger partial charge < -0.3 is 10.5 Å². The van der Waals surface area contributed by atoms with Crippen molar-refractivity contribution in [1.82, 2.24) is 4.98 Å². The fourth-order valence-corrected chi connectivity index (χ4v) is 1.15. The van der Waals surface area contributed by atoms with Crippen molar-refractivity contribution in [3.63, 3.8) is 0 Å². The first-order valence-electron chi connectivity index (χ1n) is 3.45. The maximum Gasteiger partial charge on any atom is 0.574 e. The zero-order chi connectivity index (χ0) is 11.6. The van der Waals surface area contributed by atoms with E-state index in [0.717, 1.165) is 6.20 Å². The average Bonchev–Trinajstić information content (AvgIpc) is 2.11. The van der Waals surface area contributed by atoms with Crippen molar-refractivity contribution in [2.45, 2.75) is 6.36 Å². The SMILES string of the molecule is N#Cc1cnc(OC(F)(F)F)c(Br)c1N. The number of nitriles is 1. The molecule has 0 saturated heterocycles. The minimum atomic E-state index is -4.85. The number of nitrogens with zero attached hydrogens (tertiary/aromatic N) is 2. The van der Waals surface area contributed by atoms with Gasteiger partial charge in [-0.15, -0.1) is 13.2 Å². The molecule has 0 aliphatic rings. The molecule has 15 heavy (non-hydrogen) atoms. The van der Waals surface area contributed by atoms with E-state index >= 15 is 0 Å². The van der Waals surface area contributed by atoms with Gasteiger partial charge in [0.2, 0.25) is 5.88 Å². The quantitative estimate of drug-likeness (QED) is 0.857. The van der Waals surface area contributed by atoms with E-state index in [0.29, 0.717) is 0 Å². The van der Waals surface area contributed by atoms with Crippen molar-refractivity contribution in [3.05, 3.63) is 16.2 Å². The Morgan fingerprint density at radius 2 is 2.13 bits per heavy atom. The summed E-state index contributed by atoms with van der Waals surface area (Å²) in [6, 6.07) is 1.67. The number of alkyl halides is 3. The van der Waals surface area contributed by atoms with Crippen molar-refractivity contribution < 1.29 is 17.9 Å². The highest BCUT2D eigenvalue weighted by Gasteiger charge is 2.33. The molecule has 0 atom stereocenters. The highest BCUT2D eigenvalue weighted by Crippen LogP contribution is 2.33. The lowest BCUT2D eigenvalue weighted by Gasteiger charge is -2.10. The van der Waals surface area contributed by atoms with Gasteiger partial charge in [-0.25, -0.2) is 4.98 Å². The number of nitrogens with two attached hydrogens (primary N) is 1. The van der Waals surface area contributed by atoms with Gasteiger partial charge in [0.1, 0.15) is 10.5 Å². The topological polar surface area (TPSA) is 71.9 Å². The summed E-state index contributed by atoms with van der Waals surface area (Å²) < 4.78 is 38.9. The normalized spacial score (nSPS) is 10.9. The Bertz CT molecular complexity index is 427. The van der Waals surface area contributed by atoms with Crippen LogP contribution in [0, 0.1) is 11.3 Å². The first-order chi connectivity index (χ1) is 6.85. The summed E-state index contributed by atoms with van der Waals surface area (Å²) in [4.78, 5) is 3.30. The fourth-order valence-electron chi connectivity index (χ4n) is 0.753. The summed E-state index contributed by atoms with van der Waals surface area (Å²) in [5.41, 5.74) is 5.18. The van der Waals surface area contributed by atoms with Crippen molar-refractivity contribution in [2.75, 3.05) is 5.73 Å². The Labute approximate surface area is 90.6 Å². The lowest BCUT2D eigenvalue weighted by atomic mass is 10.2. The summed E-state index contributed by atoms with van der Waals surface area (Å²) in [6.45, 7) is 0. The van der Waals surface area contributed by atoms with Crippen LogP contribution in [0.2, 0.25) is 0 Å². The fraction of sp³-hybridized carbons (Fsp3) is 0.143. The molecule has 0 spiro atoms. The monoisotopic (exact) mass is 281 g/mol. The number of aromatic nitrogens is 1. The maximum absolute atomic E-state index is 11.8. The Kier molecular flexibility index (Phi) is 3.04. The molecule has 0 radical (unpaired) electrons. The van der Waals surface area contributed by atoms with Crippen molar-refractivity contribution in [1.29, 1.82) is 5.26 Å². The van der Waals surface area contributed by atoms with Gasteiger partial charge in [-0.3, -0.25) is 0 Å². The van der Waals surface area contributed by atoms with E-state index in [1.165, 1.54) is 0 Å². The largest absolute Gasteiger partial charge is 0.574 e. The van der Waals surface area contributed by atoms with Gasteiger partial charge in [-0.05, 0) is 15.9 Å². The predicted octanol–water partition coefficient (Wildman–Crippen LogP) is 2.20. The Balaban J connectivity index is 3.14. The minimum Gasteiger partial charge on any atom is -0.397 e. The third-order valence-corrected chi connectivity index (χ3v) is 2.12. The van der Waals surface area contributed by atoms with E-state index in [-0.39, 0.29) is 15.7 Å². The summed E-state index contributed by atoms with van der Waals surface area (Å²) in [6.07, 6.45) is -3.95. The van der Waals surface area contributed by atoms with Gasteiger partial charge >= 0.3 is 6.36 Å². The Morgan fingerprint density at radius 3 is 2.60 bits per heavy atom. The van der Waals surface area contributed by atoms with Crippen LogP contribution >= 0.6 is 15.9 Å². The minimum absolute atomic E-state index is 0.0311. The van der Waals surface area contributed by atoms with Crippen LogP contribution in [0.25, 0.3) is 0 Å². The molecule has 0 fully saturated rings. The van der Waals surface area contributed by atoms with Crippen molar-refractivity contribution in [3.8, 4) is 11.9 Å². The molecule has 0 unspecified atom stereocenters. The van der Waals surface area contributed by atoms with E-state index in [2.05, 4.69) is 25.7 Å². The highest BCUT2D eigenvalue weighted by atomic mass is 79.9. The predicted molar refractivity (Wildman–Crippen MR) is 47.7 cm³/mol. The highest BCUT2D eigenvalue weighted by molar-refractivity contribution is 9.10. The number of halogens is 4. The maximum atomic E-state index is 11.8. The first-order valence-corrected chi connectivity index (χ1v) is 4.24. The average molecular weight is 282 g/mol. The molecule has 0 aliphatic carbocycles. The van der Waals surface area contributed by atoms with Gasteiger partial charge in [-0.1, -0.05) is 0 Å². The molecular weight excluding hydrogens is 279 g/mol. The molecule has 0 amide bonds. The Morgan fingerprint density at radius 1 is 1.53 bits per heavy atom. The Hall–Kier alpha value is -1.49. The molecule has 0 aliphatic heterocycles. The molecule has 0 aromatic carbocycles. The first kappa shape index (κ1) is 11.6. The molecule has 1 rings (SSSR count). The molecule has 0 saturated carbocycles. The molecule has 0 bridgehead atoms. The number of anilines is 1. The summed E-state index contributed by atoms with van der Waals surface area (Å²) >= 11 is 2.76. The van der Waals surface area contributed by atoms with Crippen LogP contribution < -0.4 is 10.5 Å². The number of rotatable bonds is 1. The third-order valence-electron chi connectivity index (χ3n) is 1.36. The van der Waals surface area contributed by atoms with Gasteiger partial charge in [0.25, 0.3) is 0 Å². The second-order valence-corrected chi connectivity index (χ2v) is 3.16. The molecule has 8 heteroatoms. The van der Waals surface area contributed by atoms with E-state index in [1.54, 1.807) is 6.07 Å². The summed E-state index contributed by atoms with van der Waals surface area (Å²) in [5, 5.41) is 8.51. The van der Waals surface area contributed by atoms with E-state index in [1.807, 2.05) is 0 Å². The van der Waals surface area contributed by atoms with Gasteiger partial charge in [-0.2, -0.15) is 5.26 Å². The van der Waals surface area contributed by atoms with E-state index in [9.17, 15) is 13.2 Å². The lowest BCUT2D eigenvalue weighted by molar-refractivity contribution is -0.276. The zero-order valence-corrected chi connectivity index (χ0v) is 8.56. The molecule has 2 N–H and O–H groups in total. The summed E-state index contributed by atoms with van der Waals surface area (Å²) in [7, 11) is 0. The molecule has 80 valence electrons. The van der Waals surface area contributed by atoms with Crippen LogP contribution in [0.1, 0.15) is 5.56 Å². The lowest BCUT2D eigenvalue weighted by Crippen LogP contribution is -2.18. The van der Waals surface area contributed by atoms with Crippen LogP contribution in [0.4, 0.5) is 18.9 Å². The molecule has 4 nitrogen and oxygen atoms in total. The third kappa shape index (κ3) is 2.73. The van der Waals surface area contributed by atoms with Crippen molar-refractivity contribution >= 4 is 21.6 Å². The number of nitrogen functional groups attached to an aromatic ring is 1. The van der Waals surface area contributed by atoms with Crippen LogP contribution in [-0.4, -0.2) is 11.3 Å². The number of ether oxygens (including phenoxy) is 1. The molecule has 1 aromatic rings. The van der Waals surface area contributed by atoms with Crippen LogP contribution in [-0.2, 0) is 0 Å². The second-order valence-electron chi connectivity index (χ2n) is 2.36. The number of pyridine rings is 1. The van der Waals surface area contributed by atoms with Crippen LogP contribution in [0.3, 0.4) is 0 Å². The van der Waals surface area contributed by atoms with Gasteiger partial charge in [0.05, 0.1) is 17.4 Å². The van der Waals surface area contributed by atoms with E-state index < -0.39 is 12.2 Å². The zero-order valence-electron chi connectivity index (χ0n) is 6.97. The summed E-state index contributed by atoms with van der Waals surface area (Å²) in [5.74, 6) is -0.723.